The molecule has 3 aromatic rings. The summed E-state index contributed by atoms with van der Waals surface area (Å²) in [4.78, 5) is 2.44. The SMILES string of the molecule is Cc1ccccc1.c1ccc2c(c1)CCc1ccccc1N2C[C@H]1CO1. The lowest BCUT2D eigenvalue weighted by atomic mass is 10.0. The van der Waals surface area contributed by atoms with Crippen molar-refractivity contribution in [3.63, 3.8) is 0 Å². The van der Waals surface area contributed by atoms with E-state index in [0.717, 1.165) is 26.0 Å². The number of nitrogens with zero attached hydrogens (tertiary/aromatic N) is 1. The Morgan fingerprint density at radius 1 is 0.769 bits per heavy atom. The van der Waals surface area contributed by atoms with E-state index >= 15 is 0 Å². The van der Waals surface area contributed by atoms with Crippen LogP contribution in [-0.4, -0.2) is 19.3 Å². The topological polar surface area (TPSA) is 15.8 Å². The summed E-state index contributed by atoms with van der Waals surface area (Å²) in [7, 11) is 0. The van der Waals surface area contributed by atoms with Gasteiger partial charge in [-0.3, -0.25) is 0 Å². The van der Waals surface area contributed by atoms with Gasteiger partial charge in [0.05, 0.1) is 19.3 Å². The average molecular weight is 343 g/mol. The molecule has 0 aliphatic carbocycles. The van der Waals surface area contributed by atoms with Crippen LogP contribution in [0.15, 0.2) is 78.9 Å². The maximum atomic E-state index is 5.44. The summed E-state index contributed by atoms with van der Waals surface area (Å²) in [6, 6.07) is 27.8. The fourth-order valence-corrected chi connectivity index (χ4v) is 3.48. The number of epoxide rings is 1. The van der Waals surface area contributed by atoms with E-state index in [4.69, 9.17) is 4.74 Å². The van der Waals surface area contributed by atoms with Crippen LogP contribution < -0.4 is 4.90 Å². The van der Waals surface area contributed by atoms with E-state index in [2.05, 4.69) is 72.5 Å². The fraction of sp³-hybridized carbons (Fsp3) is 0.250. The van der Waals surface area contributed by atoms with Gasteiger partial charge < -0.3 is 9.64 Å². The van der Waals surface area contributed by atoms with Crippen molar-refractivity contribution in [2.75, 3.05) is 18.1 Å². The summed E-state index contributed by atoms with van der Waals surface area (Å²) < 4.78 is 5.44. The molecule has 0 amide bonds. The van der Waals surface area contributed by atoms with E-state index in [-0.39, 0.29) is 0 Å². The van der Waals surface area contributed by atoms with Crippen LogP contribution in [0.3, 0.4) is 0 Å². The lowest BCUT2D eigenvalue weighted by molar-refractivity contribution is 0.411. The molecule has 3 aromatic carbocycles. The summed E-state index contributed by atoms with van der Waals surface area (Å²) in [6.45, 7) is 3.95. The lowest BCUT2D eigenvalue weighted by Crippen LogP contribution is -2.23. The molecule has 0 N–H and O–H groups in total. The third-order valence-corrected chi connectivity index (χ3v) is 4.96. The first kappa shape index (κ1) is 16.9. The zero-order chi connectivity index (χ0) is 17.8. The van der Waals surface area contributed by atoms with Crippen LogP contribution in [-0.2, 0) is 17.6 Å². The lowest BCUT2D eigenvalue weighted by Gasteiger charge is -2.26. The summed E-state index contributed by atoms with van der Waals surface area (Å²) in [5.41, 5.74) is 6.91. The standard InChI is InChI=1S/C17H17NO.C7H8/c1-3-7-16-13(5-1)9-10-14-6-2-4-8-17(14)18(16)11-15-12-19-15;1-7-5-3-2-4-6-7/h1-8,15H,9-12H2;2-6H,1H3/t15-;/m0./s1. The molecule has 5 rings (SSSR count). The normalized spacial score (nSPS) is 17.3. The Labute approximate surface area is 156 Å². The largest absolute Gasteiger partial charge is 0.371 e. The van der Waals surface area contributed by atoms with Crippen molar-refractivity contribution in [3.05, 3.63) is 95.6 Å². The Morgan fingerprint density at radius 3 is 1.73 bits per heavy atom. The monoisotopic (exact) mass is 343 g/mol. The smallest absolute Gasteiger partial charge is 0.0988 e. The number of para-hydroxylation sites is 2. The Bertz CT molecular complexity index is 807. The molecule has 1 atom stereocenters. The van der Waals surface area contributed by atoms with E-state index in [9.17, 15) is 0 Å². The molecule has 2 heteroatoms. The van der Waals surface area contributed by atoms with Crippen molar-refractivity contribution in [2.45, 2.75) is 25.9 Å². The molecule has 0 radical (unpaired) electrons. The molecule has 0 spiro atoms. The molecule has 2 nitrogen and oxygen atoms in total. The van der Waals surface area contributed by atoms with Gasteiger partial charge in [0.25, 0.3) is 0 Å². The van der Waals surface area contributed by atoms with Gasteiger partial charge in [0.2, 0.25) is 0 Å². The Balaban J connectivity index is 0.000000204. The maximum Gasteiger partial charge on any atom is 0.0988 e. The number of aryl methyl sites for hydroxylation is 3. The van der Waals surface area contributed by atoms with E-state index < -0.39 is 0 Å². The third-order valence-electron chi connectivity index (χ3n) is 4.96. The van der Waals surface area contributed by atoms with Crippen molar-refractivity contribution in [1.82, 2.24) is 0 Å². The van der Waals surface area contributed by atoms with E-state index in [1.54, 1.807) is 0 Å². The molecular formula is C24H25NO. The van der Waals surface area contributed by atoms with Gasteiger partial charge in [0.1, 0.15) is 0 Å². The predicted octanol–water partition coefficient (Wildman–Crippen LogP) is 5.32. The summed E-state index contributed by atoms with van der Waals surface area (Å²) in [5, 5.41) is 0. The molecule has 132 valence electrons. The summed E-state index contributed by atoms with van der Waals surface area (Å²) in [6.07, 6.45) is 2.64. The van der Waals surface area contributed by atoms with Crippen LogP contribution in [0, 0.1) is 6.92 Å². The number of ether oxygens (including phenoxy) is 1. The first-order valence-electron chi connectivity index (χ1n) is 9.38. The Kier molecular flexibility index (Phi) is 5.03. The molecule has 0 aromatic heterocycles. The van der Waals surface area contributed by atoms with Crippen LogP contribution in [0.25, 0.3) is 0 Å². The number of fused-ring (bicyclic) bond motifs is 2. The average Bonchev–Trinajstić information content (AvgIpc) is 3.51. The van der Waals surface area contributed by atoms with Gasteiger partial charge in [0, 0.05) is 11.4 Å². The quantitative estimate of drug-likeness (QED) is 0.586. The maximum absolute atomic E-state index is 5.44. The van der Waals surface area contributed by atoms with E-state index in [1.807, 2.05) is 18.2 Å². The highest BCUT2D eigenvalue weighted by Crippen LogP contribution is 2.36. The zero-order valence-corrected chi connectivity index (χ0v) is 15.3. The van der Waals surface area contributed by atoms with Gasteiger partial charge in [-0.15, -0.1) is 0 Å². The highest BCUT2D eigenvalue weighted by Gasteiger charge is 2.29. The molecule has 1 saturated heterocycles. The van der Waals surface area contributed by atoms with Crippen LogP contribution in [0.2, 0.25) is 0 Å². The molecule has 0 unspecified atom stereocenters. The number of anilines is 2. The van der Waals surface area contributed by atoms with Crippen molar-refractivity contribution in [2.24, 2.45) is 0 Å². The van der Waals surface area contributed by atoms with Crippen LogP contribution in [0.1, 0.15) is 16.7 Å². The van der Waals surface area contributed by atoms with Crippen LogP contribution in [0.5, 0.6) is 0 Å². The number of rotatable bonds is 2. The van der Waals surface area contributed by atoms with Gasteiger partial charge in [-0.1, -0.05) is 72.3 Å². The molecule has 0 bridgehead atoms. The second kappa shape index (κ2) is 7.76. The zero-order valence-electron chi connectivity index (χ0n) is 15.3. The second-order valence-electron chi connectivity index (χ2n) is 6.98. The van der Waals surface area contributed by atoms with Gasteiger partial charge in [-0.2, -0.15) is 0 Å². The third kappa shape index (κ3) is 3.97. The molecule has 26 heavy (non-hydrogen) atoms. The number of hydrogen-bond donors (Lipinski definition) is 0. The van der Waals surface area contributed by atoms with Gasteiger partial charge >= 0.3 is 0 Å². The van der Waals surface area contributed by atoms with E-state index in [1.165, 1.54) is 28.1 Å². The van der Waals surface area contributed by atoms with Crippen LogP contribution in [0.4, 0.5) is 11.4 Å². The predicted molar refractivity (Wildman–Crippen MR) is 108 cm³/mol. The van der Waals surface area contributed by atoms with Gasteiger partial charge in [-0.25, -0.2) is 0 Å². The molecule has 1 fully saturated rings. The fourth-order valence-electron chi connectivity index (χ4n) is 3.48. The second-order valence-corrected chi connectivity index (χ2v) is 6.98. The number of benzene rings is 3. The Hall–Kier alpha value is -2.58. The number of hydrogen-bond acceptors (Lipinski definition) is 2. The van der Waals surface area contributed by atoms with E-state index in [0.29, 0.717) is 6.10 Å². The highest BCUT2D eigenvalue weighted by molar-refractivity contribution is 5.71. The molecule has 2 aliphatic rings. The molecular weight excluding hydrogens is 318 g/mol. The van der Waals surface area contributed by atoms with Crippen molar-refractivity contribution in [1.29, 1.82) is 0 Å². The molecule has 0 saturated carbocycles. The molecule has 2 heterocycles. The first-order valence-corrected chi connectivity index (χ1v) is 9.38. The molecule has 2 aliphatic heterocycles. The van der Waals surface area contributed by atoms with Crippen LogP contribution >= 0.6 is 0 Å². The first-order chi connectivity index (χ1) is 12.8. The summed E-state index contributed by atoms with van der Waals surface area (Å²) in [5.74, 6) is 0. The van der Waals surface area contributed by atoms with Crippen molar-refractivity contribution >= 4 is 11.4 Å². The van der Waals surface area contributed by atoms with Gasteiger partial charge in [0.15, 0.2) is 0 Å². The minimum atomic E-state index is 0.402. The minimum absolute atomic E-state index is 0.402. The minimum Gasteiger partial charge on any atom is -0.371 e. The highest BCUT2D eigenvalue weighted by atomic mass is 16.6. The van der Waals surface area contributed by atoms with Crippen molar-refractivity contribution < 1.29 is 4.74 Å². The summed E-state index contributed by atoms with van der Waals surface area (Å²) >= 11 is 0. The van der Waals surface area contributed by atoms with Crippen molar-refractivity contribution in [3.8, 4) is 0 Å². The Morgan fingerprint density at radius 2 is 1.27 bits per heavy atom. The van der Waals surface area contributed by atoms with Gasteiger partial charge in [-0.05, 0) is 43.0 Å².